The van der Waals surface area contributed by atoms with Gasteiger partial charge >= 0.3 is 11.9 Å². The Kier molecular flexibility index (Phi) is 4.36. The van der Waals surface area contributed by atoms with E-state index in [1.54, 1.807) is 0 Å². The second kappa shape index (κ2) is 4.50. The highest BCUT2D eigenvalue weighted by atomic mass is 32.2. The van der Waals surface area contributed by atoms with E-state index in [0.717, 1.165) is 0 Å². The van der Waals surface area contributed by atoms with Crippen molar-refractivity contribution in [2.45, 2.75) is 5.92 Å². The molecule has 0 aromatic heterocycles. The van der Waals surface area contributed by atoms with Gasteiger partial charge in [-0.15, -0.1) is 0 Å². The molecule has 0 aliphatic rings. The third-order valence-electron chi connectivity index (χ3n) is 0.832. The molecule has 66 valence electrons. The molecule has 0 heterocycles. The molecule has 11 heavy (non-hydrogen) atoms. The van der Waals surface area contributed by atoms with Gasteiger partial charge in [0.2, 0.25) is 0 Å². The van der Waals surface area contributed by atoms with Gasteiger partial charge in [-0.2, -0.15) is 20.5 Å². The van der Waals surface area contributed by atoms with Crippen LogP contribution in [0.15, 0.2) is 0 Å². The number of carboxylic acid groups (broad SMARTS) is 1. The van der Waals surface area contributed by atoms with E-state index in [4.69, 9.17) is 10.2 Å². The lowest BCUT2D eigenvalue weighted by Gasteiger charge is -2.08. The zero-order valence-electron chi connectivity index (χ0n) is 5.59. The molecule has 0 fully saturated rings. The summed E-state index contributed by atoms with van der Waals surface area (Å²) in [5.74, 6) is -6.46. The fourth-order valence-electron chi connectivity index (χ4n) is 0.327. The first-order valence-electron chi connectivity index (χ1n) is 2.80. The summed E-state index contributed by atoms with van der Waals surface area (Å²) in [7, 11) is 0. The van der Waals surface area contributed by atoms with Crippen LogP contribution >= 0.6 is 11.8 Å². The van der Waals surface area contributed by atoms with Crippen molar-refractivity contribution in [2.24, 2.45) is 0 Å². The van der Waals surface area contributed by atoms with Crippen molar-refractivity contribution in [1.82, 2.24) is 0 Å². The van der Waals surface area contributed by atoms with Crippen molar-refractivity contribution in [3.8, 4) is 0 Å². The van der Waals surface area contributed by atoms with Crippen molar-refractivity contribution in [3.63, 3.8) is 0 Å². The number of halogens is 2. The van der Waals surface area contributed by atoms with E-state index in [1.807, 2.05) is 0 Å². The number of alkyl halides is 2. The Morgan fingerprint density at radius 3 is 2.45 bits per heavy atom. The maximum absolute atomic E-state index is 12.2. The first-order chi connectivity index (χ1) is 5.00. The van der Waals surface area contributed by atoms with Crippen molar-refractivity contribution in [1.29, 1.82) is 0 Å². The minimum atomic E-state index is -3.68. The van der Waals surface area contributed by atoms with Gasteiger partial charge in [-0.3, -0.25) is 0 Å². The van der Waals surface area contributed by atoms with Crippen molar-refractivity contribution in [3.05, 3.63) is 0 Å². The second-order valence-corrected chi connectivity index (χ2v) is 2.89. The number of aliphatic carboxylic acids is 1. The zero-order chi connectivity index (χ0) is 8.91. The van der Waals surface area contributed by atoms with Crippen LogP contribution in [0.2, 0.25) is 0 Å². The summed E-state index contributed by atoms with van der Waals surface area (Å²) in [6.07, 6.45) is 0. The summed E-state index contributed by atoms with van der Waals surface area (Å²) in [6, 6.07) is 0. The van der Waals surface area contributed by atoms with Crippen LogP contribution in [0.5, 0.6) is 0 Å². The Bertz CT molecular complexity index is 140. The van der Waals surface area contributed by atoms with E-state index < -0.39 is 17.6 Å². The number of aliphatic hydroxyl groups excluding tert-OH is 1. The molecule has 0 aliphatic carbocycles. The van der Waals surface area contributed by atoms with Crippen LogP contribution in [0.3, 0.4) is 0 Å². The monoisotopic (exact) mass is 186 g/mol. The van der Waals surface area contributed by atoms with Crippen LogP contribution in [-0.2, 0) is 4.79 Å². The van der Waals surface area contributed by atoms with Crippen molar-refractivity contribution >= 4 is 17.7 Å². The molecule has 0 amide bonds. The number of hydrogen-bond donors (Lipinski definition) is 2. The molecule has 0 saturated heterocycles. The number of thioether (sulfide) groups is 1. The van der Waals surface area contributed by atoms with Crippen LogP contribution in [0.4, 0.5) is 8.78 Å². The first-order valence-corrected chi connectivity index (χ1v) is 3.96. The highest BCUT2D eigenvalue weighted by Gasteiger charge is 2.38. The summed E-state index contributed by atoms with van der Waals surface area (Å²) in [5.41, 5.74) is 0. The molecule has 0 spiro atoms. The van der Waals surface area contributed by atoms with Crippen molar-refractivity contribution < 1.29 is 23.8 Å². The Balaban J connectivity index is 3.64. The molecule has 0 saturated carbocycles. The minimum Gasteiger partial charge on any atom is -0.477 e. The van der Waals surface area contributed by atoms with E-state index in [2.05, 4.69) is 0 Å². The molecule has 0 aromatic carbocycles. The smallest absolute Gasteiger partial charge is 0.375 e. The van der Waals surface area contributed by atoms with Crippen molar-refractivity contribution in [2.75, 3.05) is 18.1 Å². The Hall–Kier alpha value is -0.360. The molecule has 0 radical (unpaired) electrons. The average Bonchev–Trinajstić information content (AvgIpc) is 1.88. The fourth-order valence-corrected chi connectivity index (χ4v) is 0.980. The summed E-state index contributed by atoms with van der Waals surface area (Å²) >= 11 is 0.708. The molecule has 2 N–H and O–H groups in total. The van der Waals surface area contributed by atoms with Gasteiger partial charge in [0.05, 0.1) is 12.4 Å². The van der Waals surface area contributed by atoms with Gasteiger partial charge in [-0.1, -0.05) is 0 Å². The molecule has 6 heteroatoms. The lowest BCUT2D eigenvalue weighted by molar-refractivity contribution is -0.161. The summed E-state index contributed by atoms with van der Waals surface area (Å²) in [4.78, 5) is 9.79. The number of rotatable bonds is 5. The van der Waals surface area contributed by atoms with Crippen LogP contribution in [0, 0.1) is 0 Å². The molecule has 0 rings (SSSR count). The third-order valence-corrected chi connectivity index (χ3v) is 1.87. The standard InChI is InChI=1S/C5H8F2O3S/c6-5(7,4(9)10)3-11-2-1-8/h8H,1-3H2,(H,9,10). The number of aliphatic hydroxyl groups is 1. The van der Waals surface area contributed by atoms with E-state index >= 15 is 0 Å². The van der Waals surface area contributed by atoms with Gasteiger partial charge < -0.3 is 10.2 Å². The van der Waals surface area contributed by atoms with E-state index in [9.17, 15) is 13.6 Å². The number of carbonyl (C=O) groups is 1. The molecule has 0 atom stereocenters. The van der Waals surface area contributed by atoms with Gasteiger partial charge in [0.25, 0.3) is 0 Å². The largest absolute Gasteiger partial charge is 0.477 e. The Labute approximate surface area is 66.4 Å². The molecular weight excluding hydrogens is 178 g/mol. The van der Waals surface area contributed by atoms with Crippen LogP contribution in [-0.4, -0.2) is 40.2 Å². The zero-order valence-corrected chi connectivity index (χ0v) is 6.40. The van der Waals surface area contributed by atoms with Gasteiger partial charge in [0.15, 0.2) is 0 Å². The predicted molar refractivity (Wildman–Crippen MR) is 37.0 cm³/mol. The maximum atomic E-state index is 12.2. The quantitative estimate of drug-likeness (QED) is 0.611. The predicted octanol–water partition coefficient (Wildman–Crippen LogP) is 0.432. The molecule has 3 nitrogen and oxygen atoms in total. The lowest BCUT2D eigenvalue weighted by Crippen LogP contribution is -2.31. The van der Waals surface area contributed by atoms with Gasteiger partial charge in [-0.05, 0) is 0 Å². The van der Waals surface area contributed by atoms with Gasteiger partial charge in [0.1, 0.15) is 0 Å². The topological polar surface area (TPSA) is 57.5 Å². The van der Waals surface area contributed by atoms with Gasteiger partial charge in [0, 0.05) is 5.75 Å². The molecule has 0 unspecified atom stereocenters. The molecule has 0 aliphatic heterocycles. The SMILES string of the molecule is O=C(O)C(F)(F)CSCCO. The second-order valence-electron chi connectivity index (χ2n) is 1.79. The molecular formula is C5H8F2O3S. The fraction of sp³-hybridized carbons (Fsp3) is 0.800. The normalized spacial score (nSPS) is 11.5. The highest BCUT2D eigenvalue weighted by molar-refractivity contribution is 7.99. The van der Waals surface area contributed by atoms with E-state index in [-0.39, 0.29) is 12.4 Å². The summed E-state index contributed by atoms with van der Waals surface area (Å²) in [5, 5.41) is 16.1. The molecule has 0 aromatic rings. The van der Waals surface area contributed by atoms with E-state index in [1.165, 1.54) is 0 Å². The van der Waals surface area contributed by atoms with Crippen LogP contribution in [0.25, 0.3) is 0 Å². The number of carboxylic acids is 1. The summed E-state index contributed by atoms with van der Waals surface area (Å²) in [6.45, 7) is -0.222. The Morgan fingerprint density at radius 1 is 1.55 bits per heavy atom. The number of hydrogen-bond acceptors (Lipinski definition) is 3. The minimum absolute atomic E-state index is 0.128. The lowest BCUT2D eigenvalue weighted by atomic mass is 10.4. The molecule has 0 bridgehead atoms. The van der Waals surface area contributed by atoms with E-state index in [0.29, 0.717) is 11.8 Å². The third kappa shape index (κ3) is 4.15. The average molecular weight is 186 g/mol. The van der Waals surface area contributed by atoms with Gasteiger partial charge in [-0.25, -0.2) is 4.79 Å². The van der Waals surface area contributed by atoms with Crippen LogP contribution in [0.1, 0.15) is 0 Å². The maximum Gasteiger partial charge on any atom is 0.375 e. The highest BCUT2D eigenvalue weighted by Crippen LogP contribution is 2.19. The first kappa shape index (κ1) is 10.6. The Morgan fingerprint density at radius 2 is 2.09 bits per heavy atom. The summed E-state index contributed by atoms with van der Waals surface area (Å²) < 4.78 is 24.3. The van der Waals surface area contributed by atoms with Crippen LogP contribution < -0.4 is 0 Å².